The number of hydrazine groups is 1. The molecule has 1 fully saturated rings. The van der Waals surface area contributed by atoms with Crippen LogP contribution in [0.1, 0.15) is 43.4 Å². The second-order valence-electron chi connectivity index (χ2n) is 5.95. The fraction of sp³-hybridized carbons (Fsp3) is 0.688. The Morgan fingerprint density at radius 2 is 2.33 bits per heavy atom. The van der Waals surface area contributed by atoms with Crippen LogP contribution >= 0.6 is 0 Å². The van der Waals surface area contributed by atoms with E-state index in [9.17, 15) is 0 Å². The van der Waals surface area contributed by atoms with Gasteiger partial charge in [0.25, 0.3) is 0 Å². The highest BCUT2D eigenvalue weighted by Gasteiger charge is 2.46. The minimum atomic E-state index is -0.244. The zero-order valence-corrected chi connectivity index (χ0v) is 12.7. The highest BCUT2D eigenvalue weighted by molar-refractivity contribution is 5.31. The molecule has 2 atom stereocenters. The summed E-state index contributed by atoms with van der Waals surface area (Å²) in [5.74, 6) is 6.27. The van der Waals surface area contributed by atoms with Crippen molar-refractivity contribution >= 4 is 0 Å². The van der Waals surface area contributed by atoms with Crippen LogP contribution in [0.15, 0.2) is 18.3 Å². The van der Waals surface area contributed by atoms with Gasteiger partial charge >= 0.3 is 0 Å². The van der Waals surface area contributed by atoms with Gasteiger partial charge in [0.2, 0.25) is 0 Å². The lowest BCUT2D eigenvalue weighted by Crippen LogP contribution is -2.59. The monoisotopic (exact) mass is 291 g/mol. The molecule has 0 spiro atoms. The molecule has 0 bridgehead atoms. The summed E-state index contributed by atoms with van der Waals surface area (Å²) in [6.07, 6.45) is 5.80. The summed E-state index contributed by atoms with van der Waals surface area (Å²) in [7, 11) is 0. The number of hydrogen-bond acceptors (Lipinski definition) is 5. The van der Waals surface area contributed by atoms with Crippen LogP contribution in [0.5, 0.6) is 0 Å². The second-order valence-corrected chi connectivity index (χ2v) is 5.95. The molecule has 2 unspecified atom stereocenters. The zero-order valence-electron chi connectivity index (χ0n) is 12.7. The highest BCUT2D eigenvalue weighted by atomic mass is 16.5. The molecule has 5 heteroatoms. The summed E-state index contributed by atoms with van der Waals surface area (Å²) < 4.78 is 11.7. The fourth-order valence-corrected chi connectivity index (χ4v) is 3.95. The lowest BCUT2D eigenvalue weighted by molar-refractivity contribution is -0.131. The molecular weight excluding hydrogens is 266 g/mol. The molecule has 5 nitrogen and oxygen atoms in total. The summed E-state index contributed by atoms with van der Waals surface area (Å²) in [6.45, 7) is 4.21. The SMILES string of the molecule is CCOC1(C(NN)C2CCc3cccnc32)CCOCC1. The minimum absolute atomic E-state index is 0.0810. The van der Waals surface area contributed by atoms with Gasteiger partial charge in [-0.05, 0) is 31.4 Å². The lowest BCUT2D eigenvalue weighted by atomic mass is 9.78. The van der Waals surface area contributed by atoms with Crippen molar-refractivity contribution in [3.05, 3.63) is 29.6 Å². The van der Waals surface area contributed by atoms with Crippen LogP contribution in [0.2, 0.25) is 0 Å². The van der Waals surface area contributed by atoms with E-state index >= 15 is 0 Å². The van der Waals surface area contributed by atoms with Crippen molar-refractivity contribution < 1.29 is 9.47 Å². The number of pyridine rings is 1. The van der Waals surface area contributed by atoms with E-state index in [1.54, 1.807) is 0 Å². The van der Waals surface area contributed by atoms with Crippen LogP contribution in [0.3, 0.4) is 0 Å². The first-order chi connectivity index (χ1) is 10.3. The van der Waals surface area contributed by atoms with Crippen LogP contribution in [-0.4, -0.2) is 36.4 Å². The van der Waals surface area contributed by atoms with E-state index in [2.05, 4.69) is 16.5 Å². The third-order valence-electron chi connectivity index (χ3n) is 4.92. The Hall–Kier alpha value is -1.01. The second kappa shape index (κ2) is 6.40. The van der Waals surface area contributed by atoms with Gasteiger partial charge in [0.05, 0.1) is 11.6 Å². The summed E-state index contributed by atoms with van der Waals surface area (Å²) in [4.78, 5) is 4.61. The van der Waals surface area contributed by atoms with Gasteiger partial charge in [-0.3, -0.25) is 16.3 Å². The molecule has 3 rings (SSSR count). The number of aryl methyl sites for hydroxylation is 1. The normalized spacial score (nSPS) is 25.5. The number of aromatic nitrogens is 1. The molecule has 1 aliphatic carbocycles. The first kappa shape index (κ1) is 14.9. The average Bonchev–Trinajstić information content (AvgIpc) is 2.93. The summed E-state index contributed by atoms with van der Waals surface area (Å²) in [6, 6.07) is 4.27. The Morgan fingerprint density at radius 1 is 1.52 bits per heavy atom. The lowest BCUT2D eigenvalue weighted by Gasteiger charge is -2.45. The molecule has 1 aromatic rings. The van der Waals surface area contributed by atoms with Gasteiger partial charge in [-0.25, -0.2) is 0 Å². The number of nitrogens with one attached hydrogen (secondary N) is 1. The standard InChI is InChI=1S/C16H25N3O2/c1-2-21-16(7-10-20-11-8-16)15(19-17)13-6-5-12-4-3-9-18-14(12)13/h3-4,9,13,15,19H,2,5-8,10-11,17H2,1H3. The summed E-state index contributed by atoms with van der Waals surface area (Å²) in [5.41, 5.74) is 5.35. The fourth-order valence-electron chi connectivity index (χ4n) is 3.95. The number of fused-ring (bicyclic) bond motifs is 1. The van der Waals surface area contributed by atoms with Crippen LogP contribution in [-0.2, 0) is 15.9 Å². The zero-order chi connectivity index (χ0) is 14.7. The molecule has 3 N–H and O–H groups in total. The van der Waals surface area contributed by atoms with Gasteiger partial charge in [-0.2, -0.15) is 0 Å². The van der Waals surface area contributed by atoms with Crippen molar-refractivity contribution in [2.75, 3.05) is 19.8 Å². The van der Waals surface area contributed by atoms with Gasteiger partial charge in [0.1, 0.15) is 0 Å². The maximum absolute atomic E-state index is 6.20. The third-order valence-corrected chi connectivity index (χ3v) is 4.92. The van der Waals surface area contributed by atoms with E-state index in [1.807, 2.05) is 19.2 Å². The van der Waals surface area contributed by atoms with Crippen molar-refractivity contribution in [2.24, 2.45) is 5.84 Å². The quantitative estimate of drug-likeness (QED) is 0.636. The Kier molecular flexibility index (Phi) is 4.54. The minimum Gasteiger partial charge on any atom is -0.381 e. The average molecular weight is 291 g/mol. The maximum Gasteiger partial charge on any atom is 0.0898 e. The highest BCUT2D eigenvalue weighted by Crippen LogP contribution is 2.41. The molecule has 0 radical (unpaired) electrons. The molecule has 0 aromatic carbocycles. The number of ether oxygens (including phenoxy) is 2. The van der Waals surface area contributed by atoms with Gasteiger partial charge in [0.15, 0.2) is 0 Å². The topological polar surface area (TPSA) is 69.4 Å². The number of nitrogens with zero attached hydrogens (tertiary/aromatic N) is 1. The Bertz CT molecular complexity index is 469. The van der Waals surface area contributed by atoms with Crippen molar-refractivity contribution in [2.45, 2.75) is 50.2 Å². The van der Waals surface area contributed by atoms with E-state index in [0.717, 1.165) is 38.9 Å². The Labute approximate surface area is 126 Å². The molecular formula is C16H25N3O2. The van der Waals surface area contributed by atoms with E-state index in [0.29, 0.717) is 12.5 Å². The molecule has 1 saturated heterocycles. The number of hydrogen-bond donors (Lipinski definition) is 2. The Morgan fingerprint density at radius 3 is 3.05 bits per heavy atom. The van der Waals surface area contributed by atoms with Crippen LogP contribution in [0.25, 0.3) is 0 Å². The predicted molar refractivity (Wildman–Crippen MR) is 80.8 cm³/mol. The van der Waals surface area contributed by atoms with Crippen LogP contribution in [0.4, 0.5) is 0 Å². The van der Waals surface area contributed by atoms with Crippen LogP contribution in [0, 0.1) is 0 Å². The van der Waals surface area contributed by atoms with Gasteiger partial charge < -0.3 is 9.47 Å². The van der Waals surface area contributed by atoms with E-state index < -0.39 is 0 Å². The predicted octanol–water partition coefficient (Wildman–Crippen LogP) is 1.53. The number of rotatable bonds is 5. The molecule has 0 saturated carbocycles. The van der Waals surface area contributed by atoms with Gasteiger partial charge in [-0.15, -0.1) is 0 Å². The molecule has 2 aliphatic rings. The van der Waals surface area contributed by atoms with Crippen LogP contribution < -0.4 is 11.3 Å². The van der Waals surface area contributed by atoms with Crippen molar-refractivity contribution in [3.63, 3.8) is 0 Å². The largest absolute Gasteiger partial charge is 0.381 e. The molecule has 1 aliphatic heterocycles. The Balaban J connectivity index is 1.90. The van der Waals surface area contributed by atoms with Gasteiger partial charge in [-0.1, -0.05) is 6.07 Å². The first-order valence-electron chi connectivity index (χ1n) is 7.92. The van der Waals surface area contributed by atoms with Crippen molar-refractivity contribution in [3.8, 4) is 0 Å². The van der Waals surface area contributed by atoms with E-state index in [1.165, 1.54) is 11.3 Å². The third kappa shape index (κ3) is 2.71. The maximum atomic E-state index is 6.20. The molecule has 2 heterocycles. The molecule has 0 amide bonds. The van der Waals surface area contributed by atoms with E-state index in [4.69, 9.17) is 15.3 Å². The van der Waals surface area contributed by atoms with Gasteiger partial charge in [0, 0.05) is 50.5 Å². The van der Waals surface area contributed by atoms with E-state index in [-0.39, 0.29) is 11.6 Å². The molecule has 116 valence electrons. The van der Waals surface area contributed by atoms with Crippen molar-refractivity contribution in [1.82, 2.24) is 10.4 Å². The summed E-state index contributed by atoms with van der Waals surface area (Å²) in [5, 5.41) is 0. The van der Waals surface area contributed by atoms with Crippen molar-refractivity contribution in [1.29, 1.82) is 0 Å². The molecule has 1 aromatic heterocycles. The smallest absolute Gasteiger partial charge is 0.0898 e. The molecule has 21 heavy (non-hydrogen) atoms. The number of nitrogens with two attached hydrogens (primary N) is 1. The summed E-state index contributed by atoms with van der Waals surface area (Å²) >= 11 is 0. The first-order valence-corrected chi connectivity index (χ1v) is 7.92.